The predicted octanol–water partition coefficient (Wildman–Crippen LogP) is 4.54. The molecule has 0 aliphatic rings. The van der Waals surface area contributed by atoms with E-state index in [0.29, 0.717) is 23.0 Å². The molecule has 0 aliphatic heterocycles. The van der Waals surface area contributed by atoms with Gasteiger partial charge in [-0.05, 0) is 49.2 Å². The number of nitrogens with one attached hydrogen (secondary N) is 1. The van der Waals surface area contributed by atoms with Crippen molar-refractivity contribution < 1.29 is 9.32 Å². The summed E-state index contributed by atoms with van der Waals surface area (Å²) < 4.78 is 4.98. The summed E-state index contributed by atoms with van der Waals surface area (Å²) in [5.41, 5.74) is 3.67. The highest BCUT2D eigenvalue weighted by atomic mass is 32.2. The van der Waals surface area contributed by atoms with Crippen molar-refractivity contribution in [2.75, 3.05) is 5.32 Å². The Morgan fingerprint density at radius 1 is 1.12 bits per heavy atom. The van der Waals surface area contributed by atoms with Crippen LogP contribution in [0, 0.1) is 20.8 Å². The van der Waals surface area contributed by atoms with Gasteiger partial charge in [0.1, 0.15) is 0 Å². The summed E-state index contributed by atoms with van der Waals surface area (Å²) >= 11 is 1.51. The number of benzene rings is 2. The number of anilines is 1. The van der Waals surface area contributed by atoms with E-state index in [2.05, 4.69) is 21.5 Å². The average molecular weight is 353 g/mol. The molecule has 0 saturated heterocycles. The number of hydrogen-bond donors (Lipinski definition) is 1. The molecular weight excluding hydrogens is 334 g/mol. The monoisotopic (exact) mass is 353 g/mol. The lowest BCUT2D eigenvalue weighted by molar-refractivity contribution is 0.102. The molecule has 0 spiro atoms. The van der Waals surface area contributed by atoms with Gasteiger partial charge in [0, 0.05) is 17.5 Å². The number of amides is 1. The fraction of sp³-hybridized carbons (Fsp3) is 0.211. The van der Waals surface area contributed by atoms with Crippen LogP contribution in [0.5, 0.6) is 0 Å². The van der Waals surface area contributed by atoms with Gasteiger partial charge >= 0.3 is 0 Å². The van der Waals surface area contributed by atoms with Crippen LogP contribution in [0.3, 0.4) is 0 Å². The van der Waals surface area contributed by atoms with Gasteiger partial charge in [0.25, 0.3) is 5.91 Å². The molecule has 3 rings (SSSR count). The van der Waals surface area contributed by atoms with E-state index in [1.165, 1.54) is 11.8 Å². The van der Waals surface area contributed by atoms with Crippen LogP contribution in [0.15, 0.2) is 51.9 Å². The van der Waals surface area contributed by atoms with E-state index < -0.39 is 0 Å². The normalized spacial score (nSPS) is 10.7. The summed E-state index contributed by atoms with van der Waals surface area (Å²) in [4.78, 5) is 17.8. The number of rotatable bonds is 5. The third kappa shape index (κ3) is 4.48. The largest absolute Gasteiger partial charge is 0.340 e. The van der Waals surface area contributed by atoms with Crippen LogP contribution in [0.2, 0.25) is 0 Å². The lowest BCUT2D eigenvalue weighted by Crippen LogP contribution is -2.13. The maximum absolute atomic E-state index is 12.7. The minimum Gasteiger partial charge on any atom is -0.340 e. The summed E-state index contributed by atoms with van der Waals surface area (Å²) in [6, 6.07) is 13.5. The number of hydrogen-bond acceptors (Lipinski definition) is 5. The van der Waals surface area contributed by atoms with E-state index in [4.69, 9.17) is 4.52 Å². The molecule has 0 bridgehead atoms. The van der Waals surface area contributed by atoms with E-state index in [-0.39, 0.29) is 5.91 Å². The van der Waals surface area contributed by atoms with E-state index in [1.807, 2.05) is 50.2 Å². The molecule has 0 radical (unpaired) electrons. The Labute approximate surface area is 150 Å². The minimum absolute atomic E-state index is 0.127. The first kappa shape index (κ1) is 17.2. The maximum atomic E-state index is 12.7. The molecule has 1 N–H and O–H groups in total. The molecule has 1 heterocycles. The number of carbonyl (C=O) groups is 1. The molecule has 0 unspecified atom stereocenters. The van der Waals surface area contributed by atoms with Crippen molar-refractivity contribution in [1.82, 2.24) is 10.1 Å². The first-order valence-corrected chi connectivity index (χ1v) is 8.90. The van der Waals surface area contributed by atoms with Crippen molar-refractivity contribution >= 4 is 23.4 Å². The predicted molar refractivity (Wildman–Crippen MR) is 98.9 cm³/mol. The van der Waals surface area contributed by atoms with Gasteiger partial charge in [-0.1, -0.05) is 23.4 Å². The van der Waals surface area contributed by atoms with Crippen LogP contribution >= 0.6 is 11.8 Å². The molecule has 1 aromatic heterocycles. The zero-order valence-corrected chi connectivity index (χ0v) is 15.2. The minimum atomic E-state index is -0.127. The Bertz CT molecular complexity index is 885. The van der Waals surface area contributed by atoms with Crippen LogP contribution in [0.25, 0.3) is 0 Å². The highest BCUT2D eigenvalue weighted by Gasteiger charge is 2.13. The van der Waals surface area contributed by atoms with Crippen LogP contribution in [0.4, 0.5) is 5.69 Å². The molecule has 128 valence electrons. The Morgan fingerprint density at radius 2 is 1.84 bits per heavy atom. The fourth-order valence-corrected chi connectivity index (χ4v) is 3.46. The van der Waals surface area contributed by atoms with Gasteiger partial charge in [-0.2, -0.15) is 4.98 Å². The Balaban J connectivity index is 1.76. The molecule has 0 fully saturated rings. The van der Waals surface area contributed by atoms with E-state index in [9.17, 15) is 4.79 Å². The van der Waals surface area contributed by atoms with Crippen LogP contribution in [-0.2, 0) is 5.75 Å². The molecule has 6 heteroatoms. The number of aromatic nitrogens is 2. The second kappa shape index (κ2) is 7.53. The first-order valence-electron chi connectivity index (χ1n) is 7.92. The molecule has 0 saturated carbocycles. The van der Waals surface area contributed by atoms with E-state index >= 15 is 0 Å². The van der Waals surface area contributed by atoms with Crippen molar-refractivity contribution in [3.8, 4) is 0 Å². The van der Waals surface area contributed by atoms with Gasteiger partial charge in [0.05, 0.1) is 11.3 Å². The highest BCUT2D eigenvalue weighted by Crippen LogP contribution is 2.26. The van der Waals surface area contributed by atoms with Gasteiger partial charge in [-0.25, -0.2) is 0 Å². The first-order chi connectivity index (χ1) is 12.0. The smallest absolute Gasteiger partial charge is 0.256 e. The van der Waals surface area contributed by atoms with Crippen LogP contribution in [-0.4, -0.2) is 16.0 Å². The third-order valence-electron chi connectivity index (χ3n) is 3.54. The van der Waals surface area contributed by atoms with E-state index in [1.54, 1.807) is 6.92 Å². The lowest BCUT2D eigenvalue weighted by Gasteiger charge is -2.10. The molecule has 0 atom stereocenters. The second-order valence-corrected chi connectivity index (χ2v) is 6.86. The standard InChI is InChI=1S/C19H19N3O2S/c1-12-8-13(2)10-15(9-12)21-19(23)16-6-4-5-7-17(16)25-11-18-20-14(3)24-22-18/h4-10H,11H2,1-3H3,(H,21,23). The quantitative estimate of drug-likeness (QED) is 0.682. The van der Waals surface area contributed by atoms with Crippen molar-refractivity contribution in [2.24, 2.45) is 0 Å². The van der Waals surface area contributed by atoms with Crippen molar-refractivity contribution in [3.63, 3.8) is 0 Å². The summed E-state index contributed by atoms with van der Waals surface area (Å²) in [5.74, 6) is 1.58. The number of carbonyl (C=O) groups excluding carboxylic acids is 1. The lowest BCUT2D eigenvalue weighted by atomic mass is 10.1. The van der Waals surface area contributed by atoms with Crippen LogP contribution in [0.1, 0.15) is 33.2 Å². The molecule has 25 heavy (non-hydrogen) atoms. The van der Waals surface area contributed by atoms with Gasteiger partial charge < -0.3 is 9.84 Å². The Hall–Kier alpha value is -2.60. The van der Waals surface area contributed by atoms with E-state index in [0.717, 1.165) is 21.7 Å². The number of aryl methyl sites for hydroxylation is 3. The molecule has 1 amide bonds. The maximum Gasteiger partial charge on any atom is 0.256 e. The Morgan fingerprint density at radius 3 is 2.52 bits per heavy atom. The van der Waals surface area contributed by atoms with Crippen molar-refractivity contribution in [1.29, 1.82) is 0 Å². The number of thioether (sulfide) groups is 1. The summed E-state index contributed by atoms with van der Waals surface area (Å²) in [7, 11) is 0. The van der Waals surface area contributed by atoms with Crippen molar-refractivity contribution in [2.45, 2.75) is 31.4 Å². The van der Waals surface area contributed by atoms with Gasteiger partial charge in [-0.3, -0.25) is 4.79 Å². The van der Waals surface area contributed by atoms with Crippen molar-refractivity contribution in [3.05, 3.63) is 70.9 Å². The summed E-state index contributed by atoms with van der Waals surface area (Å²) in [6.07, 6.45) is 0. The van der Waals surface area contributed by atoms with Gasteiger partial charge in [0.15, 0.2) is 5.82 Å². The number of nitrogens with zero attached hydrogens (tertiary/aromatic N) is 2. The zero-order chi connectivity index (χ0) is 17.8. The molecule has 0 aliphatic carbocycles. The average Bonchev–Trinajstić information content (AvgIpc) is 2.97. The van der Waals surface area contributed by atoms with Gasteiger partial charge in [-0.15, -0.1) is 11.8 Å². The van der Waals surface area contributed by atoms with Crippen LogP contribution < -0.4 is 5.32 Å². The van der Waals surface area contributed by atoms with Gasteiger partial charge in [0.2, 0.25) is 5.89 Å². The molecule has 5 nitrogen and oxygen atoms in total. The molecule has 3 aromatic rings. The second-order valence-electron chi connectivity index (χ2n) is 5.84. The topological polar surface area (TPSA) is 68.0 Å². The fourth-order valence-electron chi connectivity index (χ4n) is 2.57. The highest BCUT2D eigenvalue weighted by molar-refractivity contribution is 7.98. The molecular formula is C19H19N3O2S. The Kier molecular flexibility index (Phi) is 5.19. The third-order valence-corrected chi connectivity index (χ3v) is 4.61. The molecule has 2 aromatic carbocycles. The summed E-state index contributed by atoms with van der Waals surface area (Å²) in [6.45, 7) is 5.78. The summed E-state index contributed by atoms with van der Waals surface area (Å²) in [5, 5.41) is 6.87. The zero-order valence-electron chi connectivity index (χ0n) is 14.4. The SMILES string of the molecule is Cc1cc(C)cc(NC(=O)c2ccccc2SCc2noc(C)n2)c1.